The number of aliphatic hydroxyl groups excluding tert-OH is 1. The quantitative estimate of drug-likeness (QED) is 0.899. The van der Waals surface area contributed by atoms with Crippen LogP contribution >= 0.6 is 11.6 Å². The van der Waals surface area contributed by atoms with Gasteiger partial charge in [0.2, 0.25) is 0 Å². The standard InChI is InChI=1S/C13H14ClN3O/c14-10-3-1-9(2-4-10)7-13-16-15-12-6-5-11(18)8-17(12)13/h1-4,11,18H,5-8H2. The summed E-state index contributed by atoms with van der Waals surface area (Å²) in [4.78, 5) is 0. The van der Waals surface area contributed by atoms with Crippen molar-refractivity contribution < 1.29 is 5.11 Å². The Labute approximate surface area is 110 Å². The van der Waals surface area contributed by atoms with E-state index in [0.29, 0.717) is 6.54 Å². The van der Waals surface area contributed by atoms with E-state index in [2.05, 4.69) is 10.2 Å². The molecule has 0 radical (unpaired) electrons. The van der Waals surface area contributed by atoms with Gasteiger partial charge in [-0.05, 0) is 24.1 Å². The van der Waals surface area contributed by atoms with E-state index in [1.165, 1.54) is 0 Å². The first-order valence-corrected chi connectivity index (χ1v) is 6.43. The highest BCUT2D eigenvalue weighted by Crippen LogP contribution is 2.18. The Bertz CT molecular complexity index is 550. The summed E-state index contributed by atoms with van der Waals surface area (Å²) in [6.45, 7) is 0.602. The van der Waals surface area contributed by atoms with Crippen LogP contribution in [0.4, 0.5) is 0 Å². The van der Waals surface area contributed by atoms with Gasteiger partial charge in [-0.2, -0.15) is 0 Å². The Morgan fingerprint density at radius 1 is 1.28 bits per heavy atom. The molecule has 2 aromatic rings. The Morgan fingerprint density at radius 3 is 2.83 bits per heavy atom. The Balaban J connectivity index is 1.85. The second kappa shape index (κ2) is 4.71. The molecule has 1 N–H and O–H groups in total. The van der Waals surface area contributed by atoms with Crippen LogP contribution in [0.3, 0.4) is 0 Å². The van der Waals surface area contributed by atoms with Crippen molar-refractivity contribution in [1.29, 1.82) is 0 Å². The van der Waals surface area contributed by atoms with E-state index in [9.17, 15) is 5.11 Å². The fraction of sp³-hybridized carbons (Fsp3) is 0.385. The van der Waals surface area contributed by atoms with Gasteiger partial charge in [0.15, 0.2) is 0 Å². The summed E-state index contributed by atoms with van der Waals surface area (Å²) in [5.41, 5.74) is 1.15. The topological polar surface area (TPSA) is 50.9 Å². The van der Waals surface area contributed by atoms with Gasteiger partial charge in [-0.25, -0.2) is 0 Å². The first kappa shape index (κ1) is 11.7. The molecule has 5 heteroatoms. The molecular formula is C13H14ClN3O. The minimum absolute atomic E-state index is 0.280. The summed E-state index contributed by atoms with van der Waals surface area (Å²) in [6.07, 6.45) is 2.02. The minimum Gasteiger partial charge on any atom is -0.391 e. The molecule has 18 heavy (non-hydrogen) atoms. The Hall–Kier alpha value is -1.39. The molecule has 0 spiro atoms. The van der Waals surface area contributed by atoms with Crippen molar-refractivity contribution >= 4 is 11.6 Å². The van der Waals surface area contributed by atoms with E-state index in [4.69, 9.17) is 11.6 Å². The summed E-state index contributed by atoms with van der Waals surface area (Å²) in [7, 11) is 0. The minimum atomic E-state index is -0.280. The van der Waals surface area contributed by atoms with Crippen LogP contribution < -0.4 is 0 Å². The highest BCUT2D eigenvalue weighted by atomic mass is 35.5. The maximum absolute atomic E-state index is 9.71. The predicted molar refractivity (Wildman–Crippen MR) is 68.6 cm³/mol. The number of aryl methyl sites for hydroxylation is 1. The van der Waals surface area contributed by atoms with Crippen molar-refractivity contribution in [3.8, 4) is 0 Å². The molecular weight excluding hydrogens is 250 g/mol. The molecule has 0 fully saturated rings. The second-order valence-electron chi connectivity index (χ2n) is 4.64. The molecule has 1 aliphatic rings. The lowest BCUT2D eigenvalue weighted by Crippen LogP contribution is -2.25. The van der Waals surface area contributed by atoms with E-state index in [-0.39, 0.29) is 6.10 Å². The summed E-state index contributed by atoms with van der Waals surface area (Å²) >= 11 is 5.86. The molecule has 1 aliphatic heterocycles. The third kappa shape index (κ3) is 2.26. The number of halogens is 1. The molecule has 94 valence electrons. The van der Waals surface area contributed by atoms with Crippen molar-refractivity contribution in [2.45, 2.75) is 31.9 Å². The number of rotatable bonds is 2. The van der Waals surface area contributed by atoms with E-state index in [1.54, 1.807) is 0 Å². The number of nitrogens with zero attached hydrogens (tertiary/aromatic N) is 3. The molecule has 0 amide bonds. The van der Waals surface area contributed by atoms with E-state index in [0.717, 1.165) is 41.5 Å². The van der Waals surface area contributed by atoms with Gasteiger partial charge in [0, 0.05) is 17.9 Å². The molecule has 2 heterocycles. The zero-order chi connectivity index (χ0) is 12.5. The predicted octanol–water partition coefficient (Wildman–Crippen LogP) is 1.83. The highest BCUT2D eigenvalue weighted by Gasteiger charge is 2.21. The highest BCUT2D eigenvalue weighted by molar-refractivity contribution is 6.30. The average Bonchev–Trinajstić information content (AvgIpc) is 2.75. The molecule has 4 nitrogen and oxygen atoms in total. The van der Waals surface area contributed by atoms with Gasteiger partial charge in [-0.3, -0.25) is 0 Å². The first-order chi connectivity index (χ1) is 8.72. The van der Waals surface area contributed by atoms with Gasteiger partial charge in [0.05, 0.1) is 12.6 Å². The summed E-state index contributed by atoms with van der Waals surface area (Å²) in [6, 6.07) is 7.73. The fourth-order valence-corrected chi connectivity index (χ4v) is 2.41. The molecule has 3 rings (SSSR count). The lowest BCUT2D eigenvalue weighted by atomic mass is 10.1. The van der Waals surface area contributed by atoms with Crippen LogP contribution in [0.1, 0.15) is 23.6 Å². The second-order valence-corrected chi connectivity index (χ2v) is 5.08. The molecule has 0 saturated heterocycles. The lowest BCUT2D eigenvalue weighted by molar-refractivity contribution is 0.129. The van der Waals surface area contributed by atoms with Crippen molar-refractivity contribution in [1.82, 2.24) is 14.8 Å². The number of benzene rings is 1. The first-order valence-electron chi connectivity index (χ1n) is 6.06. The van der Waals surface area contributed by atoms with Crippen LogP contribution in [-0.2, 0) is 19.4 Å². The maximum Gasteiger partial charge on any atom is 0.137 e. The SMILES string of the molecule is OC1CCc2nnc(Cc3ccc(Cl)cc3)n2C1. The van der Waals surface area contributed by atoms with Gasteiger partial charge in [-0.1, -0.05) is 23.7 Å². The van der Waals surface area contributed by atoms with Crippen LogP contribution in [-0.4, -0.2) is 26.0 Å². The molecule has 0 saturated carbocycles. The molecule has 1 aromatic heterocycles. The number of aliphatic hydroxyl groups is 1. The van der Waals surface area contributed by atoms with Gasteiger partial charge < -0.3 is 9.67 Å². The van der Waals surface area contributed by atoms with Crippen molar-refractivity contribution in [3.63, 3.8) is 0 Å². The van der Waals surface area contributed by atoms with Crippen LogP contribution in [0, 0.1) is 0 Å². The summed E-state index contributed by atoms with van der Waals surface area (Å²) in [5.74, 6) is 1.88. The van der Waals surface area contributed by atoms with E-state index >= 15 is 0 Å². The van der Waals surface area contributed by atoms with Gasteiger partial charge in [-0.15, -0.1) is 10.2 Å². The van der Waals surface area contributed by atoms with Crippen molar-refractivity contribution in [3.05, 3.63) is 46.5 Å². The zero-order valence-electron chi connectivity index (χ0n) is 9.88. The number of hydrogen-bond donors (Lipinski definition) is 1. The Morgan fingerprint density at radius 2 is 2.06 bits per heavy atom. The monoisotopic (exact) mass is 263 g/mol. The number of aromatic nitrogens is 3. The van der Waals surface area contributed by atoms with Crippen molar-refractivity contribution in [2.24, 2.45) is 0 Å². The molecule has 1 aromatic carbocycles. The average molecular weight is 264 g/mol. The van der Waals surface area contributed by atoms with Crippen LogP contribution in [0.2, 0.25) is 5.02 Å². The molecule has 0 aliphatic carbocycles. The van der Waals surface area contributed by atoms with Crippen molar-refractivity contribution in [2.75, 3.05) is 0 Å². The molecule has 1 atom stereocenters. The maximum atomic E-state index is 9.71. The summed E-state index contributed by atoms with van der Waals surface area (Å²) < 4.78 is 2.03. The Kier molecular flexibility index (Phi) is 3.06. The van der Waals surface area contributed by atoms with Crippen LogP contribution in [0.15, 0.2) is 24.3 Å². The van der Waals surface area contributed by atoms with Crippen LogP contribution in [0.25, 0.3) is 0 Å². The van der Waals surface area contributed by atoms with Crippen LogP contribution in [0.5, 0.6) is 0 Å². The lowest BCUT2D eigenvalue weighted by Gasteiger charge is -2.19. The smallest absolute Gasteiger partial charge is 0.137 e. The van der Waals surface area contributed by atoms with Gasteiger partial charge in [0.25, 0.3) is 0 Å². The number of fused-ring (bicyclic) bond motifs is 1. The molecule has 1 unspecified atom stereocenters. The fourth-order valence-electron chi connectivity index (χ4n) is 2.28. The third-order valence-corrected chi connectivity index (χ3v) is 3.53. The summed E-state index contributed by atoms with van der Waals surface area (Å²) in [5, 5.41) is 18.8. The van der Waals surface area contributed by atoms with Gasteiger partial charge >= 0.3 is 0 Å². The van der Waals surface area contributed by atoms with E-state index in [1.807, 2.05) is 28.8 Å². The normalized spacial score (nSPS) is 18.7. The zero-order valence-corrected chi connectivity index (χ0v) is 10.6. The van der Waals surface area contributed by atoms with Gasteiger partial charge in [0.1, 0.15) is 11.6 Å². The molecule has 0 bridgehead atoms. The third-order valence-electron chi connectivity index (χ3n) is 3.27. The largest absolute Gasteiger partial charge is 0.391 e. The number of hydrogen-bond acceptors (Lipinski definition) is 3. The van der Waals surface area contributed by atoms with E-state index < -0.39 is 0 Å².